The number of amides is 1. The highest BCUT2D eigenvalue weighted by molar-refractivity contribution is 5.85. The maximum Gasteiger partial charge on any atom is 0.220 e. The molecule has 0 spiro atoms. The largest absolute Gasteiger partial charge is 0.352 e. The maximum atomic E-state index is 12.3. The first-order valence-corrected chi connectivity index (χ1v) is 8.75. The van der Waals surface area contributed by atoms with Crippen molar-refractivity contribution in [3.63, 3.8) is 0 Å². The lowest BCUT2D eigenvalue weighted by atomic mass is 9.85. The van der Waals surface area contributed by atoms with Crippen LogP contribution in [0.3, 0.4) is 0 Å². The highest BCUT2D eigenvalue weighted by atomic mass is 35.5. The lowest BCUT2D eigenvalue weighted by Crippen LogP contribution is -2.35. The highest BCUT2D eigenvalue weighted by Crippen LogP contribution is 2.22. The van der Waals surface area contributed by atoms with Crippen LogP contribution in [0.4, 0.5) is 0 Å². The molecule has 6 heteroatoms. The topological polar surface area (TPSA) is 44.4 Å². The van der Waals surface area contributed by atoms with Crippen molar-refractivity contribution in [2.45, 2.75) is 39.3 Å². The molecule has 1 heterocycles. The van der Waals surface area contributed by atoms with Gasteiger partial charge in [-0.3, -0.25) is 4.79 Å². The van der Waals surface area contributed by atoms with E-state index >= 15 is 0 Å². The molecule has 144 valence electrons. The molecule has 4 nitrogen and oxygen atoms in total. The summed E-state index contributed by atoms with van der Waals surface area (Å²) in [5, 5.41) is 6.54. The van der Waals surface area contributed by atoms with Crippen LogP contribution >= 0.6 is 24.8 Å². The molecule has 1 saturated heterocycles. The van der Waals surface area contributed by atoms with Gasteiger partial charge in [0.15, 0.2) is 0 Å². The van der Waals surface area contributed by atoms with Crippen molar-refractivity contribution < 1.29 is 4.79 Å². The van der Waals surface area contributed by atoms with E-state index < -0.39 is 0 Å². The zero-order chi connectivity index (χ0) is 16.7. The summed E-state index contributed by atoms with van der Waals surface area (Å²) < 4.78 is 0. The Morgan fingerprint density at radius 2 is 1.96 bits per heavy atom. The van der Waals surface area contributed by atoms with Crippen molar-refractivity contribution in [3.8, 4) is 0 Å². The summed E-state index contributed by atoms with van der Waals surface area (Å²) in [4.78, 5) is 14.4. The summed E-state index contributed by atoms with van der Waals surface area (Å²) in [5.74, 6) is 1.25. The van der Waals surface area contributed by atoms with Crippen molar-refractivity contribution in [1.29, 1.82) is 0 Å². The van der Waals surface area contributed by atoms with E-state index in [9.17, 15) is 4.79 Å². The van der Waals surface area contributed by atoms with E-state index in [0.29, 0.717) is 24.8 Å². The Hall–Kier alpha value is -0.810. The van der Waals surface area contributed by atoms with Gasteiger partial charge in [-0.2, -0.15) is 0 Å². The van der Waals surface area contributed by atoms with Crippen LogP contribution in [0.1, 0.15) is 37.3 Å². The van der Waals surface area contributed by atoms with Crippen LogP contribution in [-0.2, 0) is 17.9 Å². The fraction of sp³-hybridized carbons (Fsp3) is 0.632. The van der Waals surface area contributed by atoms with Crippen LogP contribution in [-0.4, -0.2) is 38.0 Å². The lowest BCUT2D eigenvalue weighted by molar-refractivity contribution is -0.122. The third kappa shape index (κ3) is 8.41. The fourth-order valence-corrected chi connectivity index (χ4v) is 3.31. The van der Waals surface area contributed by atoms with Gasteiger partial charge in [-0.15, -0.1) is 24.8 Å². The number of carbonyl (C=O) groups is 1. The molecule has 0 radical (unpaired) electrons. The van der Waals surface area contributed by atoms with Crippen LogP contribution < -0.4 is 10.6 Å². The molecular weight excluding hydrogens is 357 g/mol. The molecule has 1 fully saturated rings. The maximum absolute atomic E-state index is 12.3. The molecular formula is C19H33Cl2N3O. The second kappa shape index (κ2) is 12.5. The summed E-state index contributed by atoms with van der Waals surface area (Å²) in [7, 11) is 4.13. The summed E-state index contributed by atoms with van der Waals surface area (Å²) in [6.45, 7) is 5.91. The summed E-state index contributed by atoms with van der Waals surface area (Å²) in [6, 6.07) is 8.34. The van der Waals surface area contributed by atoms with Gasteiger partial charge in [-0.05, 0) is 63.0 Å². The minimum atomic E-state index is 0. The molecule has 0 saturated carbocycles. The van der Waals surface area contributed by atoms with Gasteiger partial charge in [-0.1, -0.05) is 31.2 Å². The third-order valence-corrected chi connectivity index (χ3v) is 4.73. The van der Waals surface area contributed by atoms with Crippen molar-refractivity contribution in [1.82, 2.24) is 15.5 Å². The fourth-order valence-electron chi connectivity index (χ4n) is 3.31. The van der Waals surface area contributed by atoms with E-state index in [2.05, 4.69) is 54.8 Å². The number of benzene rings is 1. The van der Waals surface area contributed by atoms with Crippen molar-refractivity contribution in [3.05, 3.63) is 35.4 Å². The van der Waals surface area contributed by atoms with Crippen molar-refractivity contribution >= 4 is 30.7 Å². The average Bonchev–Trinajstić information content (AvgIpc) is 2.54. The number of nitrogens with zero attached hydrogens (tertiary/aromatic N) is 1. The van der Waals surface area contributed by atoms with Crippen LogP contribution in [0.5, 0.6) is 0 Å². The smallest absolute Gasteiger partial charge is 0.220 e. The molecule has 2 rings (SSSR count). The van der Waals surface area contributed by atoms with Crippen molar-refractivity contribution in [2.24, 2.45) is 11.8 Å². The van der Waals surface area contributed by atoms with Gasteiger partial charge in [-0.25, -0.2) is 0 Å². The first-order chi connectivity index (χ1) is 11.1. The molecule has 1 aromatic rings. The molecule has 0 aromatic heterocycles. The predicted octanol–water partition coefficient (Wildman–Crippen LogP) is 3.23. The monoisotopic (exact) mass is 389 g/mol. The minimum Gasteiger partial charge on any atom is -0.352 e. The molecule has 1 aromatic carbocycles. The summed E-state index contributed by atoms with van der Waals surface area (Å²) in [6.07, 6.45) is 3.10. The Morgan fingerprint density at radius 1 is 1.28 bits per heavy atom. The number of nitrogens with one attached hydrogen (secondary N) is 2. The molecule has 2 atom stereocenters. The van der Waals surface area contributed by atoms with E-state index in [1.807, 2.05) is 6.07 Å². The van der Waals surface area contributed by atoms with E-state index in [4.69, 9.17) is 0 Å². The van der Waals surface area contributed by atoms with Crippen LogP contribution in [0.2, 0.25) is 0 Å². The second-order valence-corrected chi connectivity index (χ2v) is 7.07. The molecule has 1 aliphatic rings. The van der Waals surface area contributed by atoms with Crippen LogP contribution in [0, 0.1) is 11.8 Å². The number of piperidine rings is 1. The van der Waals surface area contributed by atoms with Gasteiger partial charge in [0, 0.05) is 19.5 Å². The van der Waals surface area contributed by atoms with Crippen LogP contribution in [0.15, 0.2) is 24.3 Å². The zero-order valence-electron chi connectivity index (χ0n) is 15.6. The van der Waals surface area contributed by atoms with Crippen molar-refractivity contribution in [2.75, 3.05) is 27.2 Å². The van der Waals surface area contributed by atoms with E-state index in [1.54, 1.807) is 0 Å². The number of hydrogen-bond acceptors (Lipinski definition) is 3. The summed E-state index contributed by atoms with van der Waals surface area (Å²) >= 11 is 0. The average molecular weight is 390 g/mol. The van der Waals surface area contributed by atoms with Gasteiger partial charge in [0.1, 0.15) is 0 Å². The number of hydrogen-bond donors (Lipinski definition) is 2. The van der Waals surface area contributed by atoms with Gasteiger partial charge < -0.3 is 15.5 Å². The highest BCUT2D eigenvalue weighted by Gasteiger charge is 2.21. The van der Waals surface area contributed by atoms with Gasteiger partial charge in [0.2, 0.25) is 5.91 Å². The Bertz CT molecular complexity index is 505. The Balaban J connectivity index is 0.00000288. The second-order valence-electron chi connectivity index (χ2n) is 7.07. The normalized spacial score (nSPS) is 18.0. The SMILES string of the molecule is CC(CC(=O)NCc1ccccc1CN(C)C)C1CCCNC1.Cl.Cl. The first-order valence-electron chi connectivity index (χ1n) is 8.75. The first kappa shape index (κ1) is 24.2. The zero-order valence-corrected chi connectivity index (χ0v) is 17.2. The molecule has 0 aliphatic carbocycles. The minimum absolute atomic E-state index is 0. The lowest BCUT2D eigenvalue weighted by Gasteiger charge is -2.28. The van der Waals surface area contributed by atoms with E-state index in [0.717, 1.165) is 19.6 Å². The molecule has 2 unspecified atom stereocenters. The number of carbonyl (C=O) groups excluding carboxylic acids is 1. The molecule has 1 amide bonds. The van der Waals surface area contributed by atoms with Gasteiger partial charge >= 0.3 is 0 Å². The quantitative estimate of drug-likeness (QED) is 0.751. The van der Waals surface area contributed by atoms with Gasteiger partial charge in [0.05, 0.1) is 0 Å². The predicted molar refractivity (Wildman–Crippen MR) is 110 cm³/mol. The Labute approximate surface area is 164 Å². The molecule has 1 aliphatic heterocycles. The van der Waals surface area contributed by atoms with Gasteiger partial charge in [0.25, 0.3) is 0 Å². The number of halogens is 2. The standard InChI is InChI=1S/C19H31N3O.2ClH/c1-15(16-9-6-10-20-12-16)11-19(23)21-13-17-7-4-5-8-18(17)14-22(2)3;;/h4-5,7-8,15-16,20H,6,9-14H2,1-3H3,(H,21,23);2*1H. The molecule has 2 N–H and O–H groups in total. The van der Waals surface area contributed by atoms with Crippen LogP contribution in [0.25, 0.3) is 0 Å². The number of rotatable bonds is 7. The Morgan fingerprint density at radius 3 is 2.56 bits per heavy atom. The van der Waals surface area contributed by atoms with E-state index in [1.165, 1.54) is 24.0 Å². The third-order valence-electron chi connectivity index (χ3n) is 4.73. The van der Waals surface area contributed by atoms with E-state index in [-0.39, 0.29) is 30.7 Å². The molecule has 0 bridgehead atoms. The Kier molecular flexibility index (Phi) is 12.1. The summed E-state index contributed by atoms with van der Waals surface area (Å²) in [5.41, 5.74) is 2.49. The molecule has 25 heavy (non-hydrogen) atoms.